The van der Waals surface area contributed by atoms with E-state index < -0.39 is 5.97 Å². The van der Waals surface area contributed by atoms with E-state index in [2.05, 4.69) is 29.4 Å². The molecule has 0 spiro atoms. The number of nitrogens with zero attached hydrogens (tertiary/aromatic N) is 2. The van der Waals surface area contributed by atoms with Crippen LogP contribution in [-0.2, 0) is 4.74 Å². The molecule has 4 rings (SSSR count). The topological polar surface area (TPSA) is 43.7 Å². The molecule has 7 heteroatoms. The Kier molecular flexibility index (Phi) is 6.41. The molecule has 0 radical (unpaired) electrons. The third kappa shape index (κ3) is 4.51. The minimum atomic E-state index is -0.482. The van der Waals surface area contributed by atoms with E-state index in [0.29, 0.717) is 29.5 Å². The molecule has 3 aromatic rings. The predicted octanol–water partition coefficient (Wildman–Crippen LogP) is 4.97. The second-order valence-corrected chi connectivity index (χ2v) is 8.18. The average Bonchev–Trinajstić information content (AvgIpc) is 3.08. The Bertz CT molecular complexity index is 1120. The zero-order chi connectivity index (χ0) is 22.0. The number of hydrogen-bond donors (Lipinski definition) is 0. The largest absolute Gasteiger partial charge is 0.423 e. The molecule has 0 N–H and O–H groups in total. The lowest BCUT2D eigenvalue weighted by Crippen LogP contribution is -2.40. The number of morpholine rings is 1. The molecule has 31 heavy (non-hydrogen) atoms. The van der Waals surface area contributed by atoms with E-state index in [0.717, 1.165) is 40.7 Å². The number of halogens is 1. The van der Waals surface area contributed by atoms with Gasteiger partial charge in [0, 0.05) is 35.7 Å². The number of rotatable bonds is 4. The van der Waals surface area contributed by atoms with Crippen LogP contribution in [-0.4, -0.2) is 46.7 Å². The molecule has 0 bridgehead atoms. The van der Waals surface area contributed by atoms with Crippen molar-refractivity contribution in [3.05, 3.63) is 82.1 Å². The first-order valence-corrected chi connectivity index (χ1v) is 10.9. The Morgan fingerprint density at radius 3 is 2.39 bits per heavy atom. The second kappa shape index (κ2) is 9.22. The van der Waals surface area contributed by atoms with Crippen LogP contribution in [0.5, 0.6) is 5.75 Å². The van der Waals surface area contributed by atoms with Gasteiger partial charge in [0.05, 0.1) is 23.8 Å². The highest BCUT2D eigenvalue weighted by Gasteiger charge is 2.20. The van der Waals surface area contributed by atoms with Crippen molar-refractivity contribution >= 4 is 34.8 Å². The molecular weight excluding hydrogens is 432 g/mol. The molecule has 2 heterocycles. The summed E-state index contributed by atoms with van der Waals surface area (Å²) in [6.45, 7) is 7.16. The minimum Gasteiger partial charge on any atom is -0.423 e. The fraction of sp³-hybridized carbons (Fsp3) is 0.250. The zero-order valence-corrected chi connectivity index (χ0v) is 19.0. The van der Waals surface area contributed by atoms with E-state index in [9.17, 15) is 4.79 Å². The number of benzene rings is 2. The van der Waals surface area contributed by atoms with Crippen molar-refractivity contribution < 1.29 is 14.3 Å². The zero-order valence-electron chi connectivity index (χ0n) is 17.4. The molecule has 1 fully saturated rings. The standard InChI is InChI=1S/C24H23ClN2O3S/c1-16-15-21(23(31)26-11-13-29-14-12-26)17(2)27(16)18-7-9-19(10-8-18)30-24(28)20-5-3-4-6-22(20)25/h3-10,15H,11-14H2,1-2H3. The van der Waals surface area contributed by atoms with E-state index in [-0.39, 0.29) is 0 Å². The van der Waals surface area contributed by atoms with Crippen LogP contribution in [0.1, 0.15) is 27.3 Å². The second-order valence-electron chi connectivity index (χ2n) is 7.39. The van der Waals surface area contributed by atoms with Gasteiger partial charge in [-0.25, -0.2) is 4.79 Å². The predicted molar refractivity (Wildman–Crippen MR) is 126 cm³/mol. The molecule has 0 saturated carbocycles. The summed E-state index contributed by atoms with van der Waals surface area (Å²) in [6, 6.07) is 16.4. The van der Waals surface area contributed by atoms with Crippen LogP contribution in [0, 0.1) is 13.8 Å². The summed E-state index contributed by atoms with van der Waals surface area (Å²) in [6.07, 6.45) is 0. The molecule has 0 unspecified atom stereocenters. The highest BCUT2D eigenvalue weighted by molar-refractivity contribution is 7.80. The average molecular weight is 455 g/mol. The van der Waals surface area contributed by atoms with E-state index in [1.54, 1.807) is 36.4 Å². The number of thiocarbonyl (C=S) groups is 1. The van der Waals surface area contributed by atoms with Crippen LogP contribution in [0.25, 0.3) is 5.69 Å². The Morgan fingerprint density at radius 2 is 1.71 bits per heavy atom. The minimum absolute atomic E-state index is 0.339. The van der Waals surface area contributed by atoms with Gasteiger partial charge in [0.25, 0.3) is 0 Å². The highest BCUT2D eigenvalue weighted by atomic mass is 35.5. The van der Waals surface area contributed by atoms with Crippen molar-refractivity contribution in [1.82, 2.24) is 9.47 Å². The molecule has 0 amide bonds. The summed E-state index contributed by atoms with van der Waals surface area (Å²) in [4.78, 5) is 15.4. The monoisotopic (exact) mass is 454 g/mol. The summed E-state index contributed by atoms with van der Waals surface area (Å²) in [7, 11) is 0. The number of carbonyl (C=O) groups is 1. The van der Waals surface area contributed by atoms with E-state index in [1.165, 1.54) is 0 Å². The van der Waals surface area contributed by atoms with Gasteiger partial charge < -0.3 is 18.9 Å². The van der Waals surface area contributed by atoms with Crippen LogP contribution >= 0.6 is 23.8 Å². The van der Waals surface area contributed by atoms with Crippen LogP contribution in [0.3, 0.4) is 0 Å². The first-order chi connectivity index (χ1) is 15.0. The summed E-state index contributed by atoms with van der Waals surface area (Å²) in [5.74, 6) is -0.0231. The van der Waals surface area contributed by atoms with Crippen LogP contribution in [0.4, 0.5) is 0 Å². The number of hydrogen-bond acceptors (Lipinski definition) is 4. The maximum Gasteiger partial charge on any atom is 0.345 e. The fourth-order valence-electron chi connectivity index (χ4n) is 3.77. The van der Waals surface area contributed by atoms with Crippen LogP contribution in [0.2, 0.25) is 5.02 Å². The van der Waals surface area contributed by atoms with Gasteiger partial charge >= 0.3 is 5.97 Å². The van der Waals surface area contributed by atoms with Gasteiger partial charge in [-0.1, -0.05) is 36.0 Å². The van der Waals surface area contributed by atoms with Gasteiger partial charge in [-0.2, -0.15) is 0 Å². The maximum absolute atomic E-state index is 12.4. The van der Waals surface area contributed by atoms with Gasteiger partial charge in [0.15, 0.2) is 0 Å². The molecule has 1 aliphatic rings. The van der Waals surface area contributed by atoms with Crippen molar-refractivity contribution in [2.24, 2.45) is 0 Å². The fourth-order valence-corrected chi connectivity index (χ4v) is 4.37. The number of carbonyl (C=O) groups excluding carboxylic acids is 1. The van der Waals surface area contributed by atoms with E-state index in [4.69, 9.17) is 33.3 Å². The number of ether oxygens (including phenoxy) is 2. The summed E-state index contributed by atoms with van der Waals surface area (Å²) >= 11 is 11.8. The molecular formula is C24H23ClN2O3S. The van der Waals surface area contributed by atoms with Gasteiger partial charge in [0.2, 0.25) is 0 Å². The van der Waals surface area contributed by atoms with Crippen molar-refractivity contribution in [3.63, 3.8) is 0 Å². The van der Waals surface area contributed by atoms with E-state index in [1.807, 2.05) is 12.1 Å². The van der Waals surface area contributed by atoms with Gasteiger partial charge in [-0.15, -0.1) is 0 Å². The molecule has 5 nitrogen and oxygen atoms in total. The third-order valence-electron chi connectivity index (χ3n) is 5.36. The summed E-state index contributed by atoms with van der Waals surface area (Å²) in [5, 5.41) is 0.367. The quantitative estimate of drug-likeness (QED) is 0.316. The highest BCUT2D eigenvalue weighted by Crippen LogP contribution is 2.25. The van der Waals surface area contributed by atoms with Crippen LogP contribution < -0.4 is 4.74 Å². The SMILES string of the molecule is Cc1cc(C(=S)N2CCOCC2)c(C)n1-c1ccc(OC(=O)c2ccccc2Cl)cc1. The molecule has 2 aromatic carbocycles. The molecule has 1 saturated heterocycles. The first-order valence-electron chi connectivity index (χ1n) is 10.1. The lowest BCUT2D eigenvalue weighted by atomic mass is 10.2. The number of aryl methyl sites for hydroxylation is 1. The van der Waals surface area contributed by atoms with Crippen molar-refractivity contribution in [3.8, 4) is 11.4 Å². The van der Waals surface area contributed by atoms with Crippen molar-refractivity contribution in [1.29, 1.82) is 0 Å². The van der Waals surface area contributed by atoms with E-state index >= 15 is 0 Å². The lowest BCUT2D eigenvalue weighted by molar-refractivity contribution is 0.0692. The molecule has 1 aromatic heterocycles. The maximum atomic E-state index is 12.4. The Morgan fingerprint density at radius 1 is 1.03 bits per heavy atom. The Hall–Kier alpha value is -2.67. The molecule has 1 aliphatic heterocycles. The van der Waals surface area contributed by atoms with Crippen LogP contribution in [0.15, 0.2) is 54.6 Å². The number of aromatic nitrogens is 1. The van der Waals surface area contributed by atoms with Gasteiger partial charge in [0.1, 0.15) is 10.7 Å². The lowest BCUT2D eigenvalue weighted by Gasteiger charge is -2.29. The molecule has 160 valence electrons. The first kappa shape index (κ1) is 21.6. The molecule has 0 atom stereocenters. The molecule has 0 aliphatic carbocycles. The summed E-state index contributed by atoms with van der Waals surface area (Å²) in [5.41, 5.74) is 4.54. The van der Waals surface area contributed by atoms with Gasteiger partial charge in [-0.05, 0) is 56.3 Å². The van der Waals surface area contributed by atoms with Gasteiger partial charge in [-0.3, -0.25) is 0 Å². The van der Waals surface area contributed by atoms with Crippen molar-refractivity contribution in [2.75, 3.05) is 26.3 Å². The Balaban J connectivity index is 1.54. The number of esters is 1. The normalized spacial score (nSPS) is 13.8. The summed E-state index contributed by atoms with van der Waals surface area (Å²) < 4.78 is 13.1. The Labute approximate surface area is 192 Å². The van der Waals surface area contributed by atoms with Crippen molar-refractivity contribution in [2.45, 2.75) is 13.8 Å². The third-order valence-corrected chi connectivity index (χ3v) is 6.17. The smallest absolute Gasteiger partial charge is 0.345 e.